The molecule has 1 N–H and O–H groups in total. The van der Waals surface area contributed by atoms with Crippen molar-refractivity contribution in [3.05, 3.63) is 87.7 Å². The molecule has 0 saturated carbocycles. The molecule has 146 valence electrons. The molecule has 0 atom stereocenters. The highest BCUT2D eigenvalue weighted by atomic mass is 16.1. The van der Waals surface area contributed by atoms with E-state index in [0.717, 1.165) is 28.2 Å². The van der Waals surface area contributed by atoms with Gasteiger partial charge in [0, 0.05) is 22.8 Å². The summed E-state index contributed by atoms with van der Waals surface area (Å²) in [6.45, 7) is 10.2. The van der Waals surface area contributed by atoms with Crippen molar-refractivity contribution < 1.29 is 4.79 Å². The number of nitrogens with one attached hydrogen (secondary N) is 1. The van der Waals surface area contributed by atoms with Gasteiger partial charge < -0.3 is 9.88 Å². The molecule has 1 aromatic heterocycles. The molecule has 0 radical (unpaired) electrons. The zero-order valence-corrected chi connectivity index (χ0v) is 17.5. The van der Waals surface area contributed by atoms with E-state index >= 15 is 0 Å². The van der Waals surface area contributed by atoms with Crippen molar-refractivity contribution in [2.45, 2.75) is 34.6 Å². The van der Waals surface area contributed by atoms with Crippen LogP contribution >= 0.6 is 0 Å². The average molecular weight is 383 g/mol. The number of rotatable bonds is 4. The maximum Gasteiger partial charge on any atom is 0.266 e. The summed E-state index contributed by atoms with van der Waals surface area (Å²) in [4.78, 5) is 12.6. The van der Waals surface area contributed by atoms with Crippen molar-refractivity contribution in [3.8, 4) is 11.8 Å². The Balaban J connectivity index is 1.95. The van der Waals surface area contributed by atoms with Gasteiger partial charge in [-0.15, -0.1) is 0 Å². The summed E-state index contributed by atoms with van der Waals surface area (Å²) in [5.74, 6) is -0.408. The Kier molecular flexibility index (Phi) is 5.70. The van der Waals surface area contributed by atoms with E-state index in [1.807, 2.05) is 57.2 Å². The zero-order chi connectivity index (χ0) is 21.1. The number of aryl methyl sites for hydroxylation is 4. The minimum Gasteiger partial charge on any atom is -0.321 e. The van der Waals surface area contributed by atoms with E-state index in [2.05, 4.69) is 41.9 Å². The summed E-state index contributed by atoms with van der Waals surface area (Å²) in [5, 5.41) is 12.4. The Morgan fingerprint density at radius 3 is 2.41 bits per heavy atom. The topological polar surface area (TPSA) is 57.8 Å². The lowest BCUT2D eigenvalue weighted by Crippen LogP contribution is -2.13. The van der Waals surface area contributed by atoms with Gasteiger partial charge in [-0.3, -0.25) is 4.79 Å². The predicted molar refractivity (Wildman–Crippen MR) is 118 cm³/mol. The molecule has 0 bridgehead atoms. The van der Waals surface area contributed by atoms with Crippen LogP contribution in [-0.4, -0.2) is 10.5 Å². The first-order chi connectivity index (χ1) is 13.8. The third-order valence-electron chi connectivity index (χ3n) is 5.16. The van der Waals surface area contributed by atoms with Crippen LogP contribution in [0, 0.1) is 45.9 Å². The van der Waals surface area contributed by atoms with Gasteiger partial charge in [0.1, 0.15) is 11.6 Å². The van der Waals surface area contributed by atoms with Gasteiger partial charge in [-0.25, -0.2) is 0 Å². The molecule has 0 unspecified atom stereocenters. The fraction of sp³-hybridized carbons (Fsp3) is 0.200. The third-order valence-corrected chi connectivity index (χ3v) is 5.16. The average Bonchev–Trinajstić information content (AvgIpc) is 2.95. The zero-order valence-electron chi connectivity index (χ0n) is 17.5. The molecule has 0 saturated heterocycles. The molecule has 1 heterocycles. The number of hydrogen-bond acceptors (Lipinski definition) is 2. The van der Waals surface area contributed by atoms with Gasteiger partial charge in [0.2, 0.25) is 0 Å². The maximum absolute atomic E-state index is 12.6. The first-order valence-corrected chi connectivity index (χ1v) is 9.56. The van der Waals surface area contributed by atoms with Crippen molar-refractivity contribution in [3.63, 3.8) is 0 Å². The molecule has 0 aliphatic rings. The molecule has 0 spiro atoms. The number of carbonyl (C=O) groups excluding carboxylic acids is 1. The number of nitrogens with zero attached hydrogens (tertiary/aromatic N) is 2. The van der Waals surface area contributed by atoms with Crippen LogP contribution in [0.5, 0.6) is 0 Å². The van der Waals surface area contributed by atoms with Crippen LogP contribution in [0.2, 0.25) is 0 Å². The van der Waals surface area contributed by atoms with Crippen LogP contribution in [0.3, 0.4) is 0 Å². The smallest absolute Gasteiger partial charge is 0.266 e. The van der Waals surface area contributed by atoms with Crippen molar-refractivity contribution in [2.75, 3.05) is 5.32 Å². The minimum absolute atomic E-state index is 0.0758. The second-order valence-corrected chi connectivity index (χ2v) is 7.42. The summed E-state index contributed by atoms with van der Waals surface area (Å²) >= 11 is 0. The molecular weight excluding hydrogens is 358 g/mol. The van der Waals surface area contributed by atoms with Crippen LogP contribution in [0.15, 0.2) is 54.1 Å². The number of nitriles is 1. The van der Waals surface area contributed by atoms with Gasteiger partial charge in [-0.05, 0) is 93.3 Å². The van der Waals surface area contributed by atoms with Crippen LogP contribution in [-0.2, 0) is 4.79 Å². The van der Waals surface area contributed by atoms with E-state index in [1.165, 1.54) is 11.1 Å². The summed E-state index contributed by atoms with van der Waals surface area (Å²) in [5.41, 5.74) is 8.24. The van der Waals surface area contributed by atoms with Crippen molar-refractivity contribution in [1.29, 1.82) is 5.26 Å². The summed E-state index contributed by atoms with van der Waals surface area (Å²) < 4.78 is 2.14. The molecule has 4 heteroatoms. The molecule has 0 aliphatic heterocycles. The van der Waals surface area contributed by atoms with E-state index in [9.17, 15) is 10.1 Å². The van der Waals surface area contributed by atoms with Crippen LogP contribution in [0.4, 0.5) is 5.69 Å². The number of anilines is 1. The van der Waals surface area contributed by atoms with Gasteiger partial charge >= 0.3 is 0 Å². The Hall–Kier alpha value is -3.58. The van der Waals surface area contributed by atoms with Crippen LogP contribution in [0.25, 0.3) is 11.8 Å². The van der Waals surface area contributed by atoms with E-state index in [4.69, 9.17) is 0 Å². The van der Waals surface area contributed by atoms with Crippen molar-refractivity contribution >= 4 is 17.7 Å². The molecular formula is C25H25N3O. The lowest BCUT2D eigenvalue weighted by Gasteiger charge is -2.12. The molecule has 4 nitrogen and oxygen atoms in total. The highest BCUT2D eigenvalue weighted by molar-refractivity contribution is 6.09. The largest absolute Gasteiger partial charge is 0.321 e. The van der Waals surface area contributed by atoms with Gasteiger partial charge in [0.25, 0.3) is 5.91 Å². The van der Waals surface area contributed by atoms with Gasteiger partial charge in [-0.2, -0.15) is 5.26 Å². The Labute approximate surface area is 172 Å². The number of amides is 1. The Morgan fingerprint density at radius 2 is 1.76 bits per heavy atom. The predicted octanol–water partition coefficient (Wildman–Crippen LogP) is 5.57. The van der Waals surface area contributed by atoms with E-state index < -0.39 is 5.91 Å². The van der Waals surface area contributed by atoms with E-state index in [1.54, 1.807) is 6.08 Å². The molecule has 3 rings (SSSR count). The van der Waals surface area contributed by atoms with Gasteiger partial charge in [0.15, 0.2) is 0 Å². The first kappa shape index (κ1) is 20.2. The number of carbonyl (C=O) groups is 1. The summed E-state index contributed by atoms with van der Waals surface area (Å²) in [6.07, 6.45) is 1.66. The van der Waals surface area contributed by atoms with Crippen molar-refractivity contribution in [1.82, 2.24) is 4.57 Å². The molecule has 3 aromatic rings. The summed E-state index contributed by atoms with van der Waals surface area (Å²) in [6, 6.07) is 17.9. The normalized spacial score (nSPS) is 11.2. The fourth-order valence-electron chi connectivity index (χ4n) is 3.42. The lowest BCUT2D eigenvalue weighted by molar-refractivity contribution is -0.112. The summed E-state index contributed by atoms with van der Waals surface area (Å²) in [7, 11) is 0. The fourth-order valence-corrected chi connectivity index (χ4v) is 3.42. The Morgan fingerprint density at radius 1 is 1.00 bits per heavy atom. The molecule has 29 heavy (non-hydrogen) atoms. The number of aromatic nitrogens is 1. The third kappa shape index (κ3) is 4.30. The minimum atomic E-state index is -0.408. The number of benzene rings is 2. The highest BCUT2D eigenvalue weighted by Gasteiger charge is 2.14. The first-order valence-electron chi connectivity index (χ1n) is 9.56. The SMILES string of the molecule is Cc1cccc(NC(=O)/C(C#N)=C\c2cc(C)n(-c3ccc(C)c(C)c3)c2C)c1. The van der Waals surface area contributed by atoms with Gasteiger partial charge in [-0.1, -0.05) is 18.2 Å². The lowest BCUT2D eigenvalue weighted by atomic mass is 10.1. The Bertz CT molecular complexity index is 1160. The van der Waals surface area contributed by atoms with Crippen LogP contribution < -0.4 is 5.32 Å². The molecule has 1 amide bonds. The van der Waals surface area contributed by atoms with E-state index in [0.29, 0.717) is 5.69 Å². The van der Waals surface area contributed by atoms with Crippen LogP contribution in [0.1, 0.15) is 33.6 Å². The number of hydrogen-bond donors (Lipinski definition) is 1. The monoisotopic (exact) mass is 383 g/mol. The second kappa shape index (κ2) is 8.20. The van der Waals surface area contributed by atoms with Gasteiger partial charge in [0.05, 0.1) is 0 Å². The molecule has 0 fully saturated rings. The standard InChI is InChI=1S/C25H25N3O/c1-16-7-6-8-23(11-16)27-25(29)22(15-26)14-21-13-19(4)28(20(21)5)24-10-9-17(2)18(3)12-24/h6-14H,1-5H3,(H,27,29)/b22-14-. The second-order valence-electron chi connectivity index (χ2n) is 7.42. The van der Waals surface area contributed by atoms with E-state index in [-0.39, 0.29) is 5.57 Å². The quantitative estimate of drug-likeness (QED) is 0.473. The van der Waals surface area contributed by atoms with Crippen molar-refractivity contribution in [2.24, 2.45) is 0 Å². The molecule has 0 aliphatic carbocycles. The molecule has 2 aromatic carbocycles. The maximum atomic E-state index is 12.6. The highest BCUT2D eigenvalue weighted by Crippen LogP contribution is 2.24.